The van der Waals surface area contributed by atoms with Crippen LogP contribution in [-0.4, -0.2) is 27.9 Å². The Balaban J connectivity index is 1.95. The number of imide groups is 2. The fraction of sp³-hybridized carbons (Fsp3) is 0.0625. The minimum absolute atomic E-state index is 0.0356. The van der Waals surface area contributed by atoms with E-state index in [-0.39, 0.29) is 27.9 Å². The molecule has 128 valence electrons. The van der Waals surface area contributed by atoms with Crippen LogP contribution in [0.15, 0.2) is 40.5 Å². The fourth-order valence-corrected chi connectivity index (χ4v) is 2.74. The van der Waals surface area contributed by atoms with Crippen LogP contribution in [0.25, 0.3) is 6.08 Å². The maximum absolute atomic E-state index is 12.5. The third-order valence-electron chi connectivity index (χ3n) is 3.43. The van der Waals surface area contributed by atoms with Crippen LogP contribution in [0.1, 0.15) is 11.3 Å². The van der Waals surface area contributed by atoms with Gasteiger partial charge in [-0.1, -0.05) is 23.2 Å². The Morgan fingerprint density at radius 2 is 1.88 bits per heavy atom. The summed E-state index contributed by atoms with van der Waals surface area (Å²) in [4.78, 5) is 37.3. The van der Waals surface area contributed by atoms with Gasteiger partial charge in [0.1, 0.15) is 11.3 Å². The van der Waals surface area contributed by atoms with Gasteiger partial charge in [-0.3, -0.25) is 19.8 Å². The van der Waals surface area contributed by atoms with Gasteiger partial charge < -0.3 is 9.52 Å². The normalized spacial score (nSPS) is 16.5. The molecule has 7 nitrogen and oxygen atoms in total. The van der Waals surface area contributed by atoms with Gasteiger partial charge in [0.05, 0.1) is 22.9 Å². The number of benzene rings is 1. The van der Waals surface area contributed by atoms with Gasteiger partial charge in [-0.05, 0) is 35.9 Å². The van der Waals surface area contributed by atoms with Gasteiger partial charge in [0.25, 0.3) is 11.8 Å². The van der Waals surface area contributed by atoms with Crippen LogP contribution < -0.4 is 5.32 Å². The average Bonchev–Trinajstić information content (AvgIpc) is 3.06. The quantitative estimate of drug-likeness (QED) is 0.629. The molecule has 0 unspecified atom stereocenters. The standard InChI is InChI=1S/C16H10Cl2N2O5/c17-11-5-8(6-12(18)13(11)21)4-10-14(22)19-16(24)20(15(10)23)7-9-2-1-3-25-9/h1-6,21H,7H2,(H,19,22,24)/b10-4+. The lowest BCUT2D eigenvalue weighted by atomic mass is 10.1. The summed E-state index contributed by atoms with van der Waals surface area (Å²) in [6.07, 6.45) is 2.64. The van der Waals surface area contributed by atoms with Crippen LogP contribution in [0.4, 0.5) is 4.79 Å². The van der Waals surface area contributed by atoms with E-state index in [0.29, 0.717) is 11.3 Å². The number of barbiturate groups is 1. The van der Waals surface area contributed by atoms with Crippen molar-refractivity contribution in [3.05, 3.63) is 57.5 Å². The molecule has 1 aromatic carbocycles. The highest BCUT2D eigenvalue weighted by Crippen LogP contribution is 2.33. The number of hydrogen-bond donors (Lipinski definition) is 2. The third-order valence-corrected chi connectivity index (χ3v) is 4.01. The Morgan fingerprint density at radius 3 is 2.48 bits per heavy atom. The van der Waals surface area contributed by atoms with Gasteiger partial charge in [-0.25, -0.2) is 4.79 Å². The second-order valence-corrected chi connectivity index (χ2v) is 5.94. The molecule has 4 amide bonds. The molecule has 0 bridgehead atoms. The number of phenols is 1. The molecule has 25 heavy (non-hydrogen) atoms. The molecule has 0 saturated carbocycles. The number of furan rings is 1. The summed E-state index contributed by atoms with van der Waals surface area (Å²) in [5.74, 6) is -1.55. The number of phenolic OH excluding ortho intramolecular Hbond substituents is 1. The Morgan fingerprint density at radius 1 is 1.20 bits per heavy atom. The molecule has 2 heterocycles. The molecule has 0 atom stereocenters. The molecule has 0 radical (unpaired) electrons. The minimum Gasteiger partial charge on any atom is -0.505 e. The largest absolute Gasteiger partial charge is 0.505 e. The highest BCUT2D eigenvalue weighted by Gasteiger charge is 2.36. The smallest absolute Gasteiger partial charge is 0.331 e. The summed E-state index contributed by atoms with van der Waals surface area (Å²) in [6, 6.07) is 5.04. The third kappa shape index (κ3) is 3.38. The molecule has 0 aliphatic carbocycles. The zero-order valence-corrected chi connectivity index (χ0v) is 14.0. The van der Waals surface area contributed by atoms with Gasteiger partial charge in [-0.15, -0.1) is 0 Å². The lowest BCUT2D eigenvalue weighted by molar-refractivity contribution is -0.130. The topological polar surface area (TPSA) is 99.9 Å². The van der Waals surface area contributed by atoms with Crippen molar-refractivity contribution in [2.75, 3.05) is 0 Å². The van der Waals surface area contributed by atoms with Crippen molar-refractivity contribution in [2.24, 2.45) is 0 Å². The zero-order valence-electron chi connectivity index (χ0n) is 12.5. The Labute approximate surface area is 151 Å². The van der Waals surface area contributed by atoms with E-state index in [9.17, 15) is 19.5 Å². The van der Waals surface area contributed by atoms with Gasteiger partial charge in [-0.2, -0.15) is 0 Å². The number of rotatable bonds is 3. The lowest BCUT2D eigenvalue weighted by Crippen LogP contribution is -2.53. The molecule has 1 saturated heterocycles. The summed E-state index contributed by atoms with van der Waals surface area (Å²) in [5, 5.41) is 11.6. The van der Waals surface area contributed by atoms with E-state index in [1.54, 1.807) is 12.1 Å². The van der Waals surface area contributed by atoms with Crippen LogP contribution in [0.2, 0.25) is 10.0 Å². The number of halogens is 2. The van der Waals surface area contributed by atoms with E-state index in [0.717, 1.165) is 4.90 Å². The van der Waals surface area contributed by atoms with Crippen LogP contribution in [0, 0.1) is 0 Å². The first-order valence-electron chi connectivity index (χ1n) is 6.96. The highest BCUT2D eigenvalue weighted by molar-refractivity contribution is 6.37. The molecule has 1 aliphatic rings. The molecule has 1 fully saturated rings. The van der Waals surface area contributed by atoms with Crippen molar-refractivity contribution in [3.63, 3.8) is 0 Å². The number of carbonyl (C=O) groups is 3. The Kier molecular flexibility index (Phi) is 4.52. The van der Waals surface area contributed by atoms with E-state index in [1.165, 1.54) is 24.5 Å². The number of carbonyl (C=O) groups excluding carboxylic acids is 3. The predicted molar refractivity (Wildman–Crippen MR) is 88.9 cm³/mol. The maximum Gasteiger partial charge on any atom is 0.331 e. The van der Waals surface area contributed by atoms with Crippen LogP contribution >= 0.6 is 23.2 Å². The van der Waals surface area contributed by atoms with Crippen molar-refractivity contribution in [1.82, 2.24) is 10.2 Å². The van der Waals surface area contributed by atoms with E-state index >= 15 is 0 Å². The number of nitrogens with zero attached hydrogens (tertiary/aromatic N) is 1. The zero-order chi connectivity index (χ0) is 18.1. The van der Waals surface area contributed by atoms with E-state index < -0.39 is 17.8 Å². The summed E-state index contributed by atoms with van der Waals surface area (Å²) < 4.78 is 5.12. The van der Waals surface area contributed by atoms with E-state index in [2.05, 4.69) is 5.32 Å². The molecule has 2 aromatic rings. The Bertz CT molecular complexity index is 882. The van der Waals surface area contributed by atoms with Crippen molar-refractivity contribution < 1.29 is 23.9 Å². The van der Waals surface area contributed by atoms with E-state index in [1.807, 2.05) is 0 Å². The molecular formula is C16H10Cl2N2O5. The number of hydrogen-bond acceptors (Lipinski definition) is 5. The first-order valence-corrected chi connectivity index (χ1v) is 7.71. The summed E-state index contributed by atoms with van der Waals surface area (Å²) in [7, 11) is 0. The molecule has 9 heteroatoms. The average molecular weight is 381 g/mol. The highest BCUT2D eigenvalue weighted by atomic mass is 35.5. The van der Waals surface area contributed by atoms with Crippen molar-refractivity contribution in [3.8, 4) is 5.75 Å². The number of amides is 4. The SMILES string of the molecule is O=C1NC(=O)N(Cc2ccco2)C(=O)/C1=C/c1cc(Cl)c(O)c(Cl)c1. The maximum atomic E-state index is 12.5. The lowest BCUT2D eigenvalue weighted by Gasteiger charge is -2.25. The number of aromatic hydroxyl groups is 1. The summed E-state index contributed by atoms with van der Waals surface area (Å²) in [5.41, 5.74) is 0.0441. The van der Waals surface area contributed by atoms with Gasteiger partial charge in [0.2, 0.25) is 0 Å². The molecular weight excluding hydrogens is 371 g/mol. The van der Waals surface area contributed by atoms with Crippen molar-refractivity contribution >= 4 is 47.1 Å². The monoisotopic (exact) mass is 380 g/mol. The second-order valence-electron chi connectivity index (χ2n) is 5.12. The van der Waals surface area contributed by atoms with Crippen LogP contribution in [-0.2, 0) is 16.1 Å². The molecule has 2 N–H and O–H groups in total. The first kappa shape index (κ1) is 17.1. The van der Waals surface area contributed by atoms with Crippen molar-refractivity contribution in [2.45, 2.75) is 6.54 Å². The van der Waals surface area contributed by atoms with Crippen molar-refractivity contribution in [1.29, 1.82) is 0 Å². The molecule has 0 spiro atoms. The van der Waals surface area contributed by atoms with Crippen LogP contribution in [0.3, 0.4) is 0 Å². The fourth-order valence-electron chi connectivity index (χ4n) is 2.23. The predicted octanol–water partition coefficient (Wildman–Crippen LogP) is 2.95. The molecule has 3 rings (SSSR count). The second kappa shape index (κ2) is 6.62. The first-order chi connectivity index (χ1) is 11.9. The molecule has 1 aromatic heterocycles. The summed E-state index contributed by atoms with van der Waals surface area (Å²) in [6.45, 7) is -0.126. The Hall–Kier alpha value is -2.77. The van der Waals surface area contributed by atoms with Gasteiger partial charge in [0.15, 0.2) is 5.75 Å². The van der Waals surface area contributed by atoms with Gasteiger partial charge >= 0.3 is 6.03 Å². The number of urea groups is 1. The minimum atomic E-state index is -0.842. The van der Waals surface area contributed by atoms with E-state index in [4.69, 9.17) is 27.6 Å². The molecule has 1 aliphatic heterocycles. The number of nitrogens with one attached hydrogen (secondary N) is 1. The summed E-state index contributed by atoms with van der Waals surface area (Å²) >= 11 is 11.7. The van der Waals surface area contributed by atoms with Gasteiger partial charge in [0, 0.05) is 0 Å². The van der Waals surface area contributed by atoms with Crippen LogP contribution in [0.5, 0.6) is 5.75 Å².